The summed E-state index contributed by atoms with van der Waals surface area (Å²) in [5, 5.41) is 2.69. The molecule has 2 unspecified atom stereocenters. The van der Waals surface area contributed by atoms with Gasteiger partial charge in [-0.2, -0.15) is 4.39 Å². The molecule has 2 aliphatic rings. The van der Waals surface area contributed by atoms with E-state index in [0.717, 1.165) is 6.42 Å². The van der Waals surface area contributed by atoms with Crippen LogP contribution in [0, 0.1) is 26.7 Å². The maximum absolute atomic E-state index is 13.4. The third-order valence-corrected chi connectivity index (χ3v) is 6.86. The largest absolute Gasteiger partial charge is 0.344 e. The number of aryl methyl sites for hydroxylation is 1. The van der Waals surface area contributed by atoms with Crippen LogP contribution < -0.4 is 5.32 Å². The molecule has 4 rings (SSSR count). The number of amides is 2. The zero-order valence-corrected chi connectivity index (χ0v) is 19.2. The summed E-state index contributed by atoms with van der Waals surface area (Å²) in [4.78, 5) is 56.9. The van der Waals surface area contributed by atoms with E-state index in [2.05, 4.69) is 10.3 Å². The first-order chi connectivity index (χ1) is 15.6. The lowest BCUT2D eigenvalue weighted by Gasteiger charge is -2.45. The van der Waals surface area contributed by atoms with Gasteiger partial charge in [0, 0.05) is 43.2 Å². The van der Waals surface area contributed by atoms with E-state index >= 15 is 0 Å². The number of aromatic nitrogens is 2. The van der Waals surface area contributed by atoms with Gasteiger partial charge >= 0.3 is 0 Å². The zero-order valence-electron chi connectivity index (χ0n) is 19.2. The Balaban J connectivity index is 1.62. The second-order valence-electron chi connectivity index (χ2n) is 9.01. The van der Waals surface area contributed by atoms with Gasteiger partial charge in [0.15, 0.2) is 0 Å². The van der Waals surface area contributed by atoms with E-state index in [1.54, 1.807) is 37.3 Å². The number of halogens is 1. The van der Waals surface area contributed by atoms with E-state index in [1.807, 2.05) is 0 Å². The van der Waals surface area contributed by atoms with Crippen LogP contribution in [0.25, 0.3) is 0 Å². The van der Waals surface area contributed by atoms with Crippen LogP contribution in [0.5, 0.6) is 0 Å². The van der Waals surface area contributed by atoms with Crippen LogP contribution in [0.1, 0.15) is 69.8 Å². The van der Waals surface area contributed by atoms with Crippen molar-refractivity contribution in [2.45, 2.75) is 65.0 Å². The quantitative estimate of drug-likeness (QED) is 0.435. The number of hydrogen-bond donors (Lipinski definition) is 1. The van der Waals surface area contributed by atoms with Gasteiger partial charge in [0.25, 0.3) is 17.6 Å². The molecule has 9 heteroatoms. The van der Waals surface area contributed by atoms with Crippen molar-refractivity contribution >= 4 is 29.1 Å². The molecular weight excluding hydrogens is 427 g/mol. The van der Waals surface area contributed by atoms with Crippen LogP contribution in [-0.4, -0.2) is 49.9 Å². The molecule has 0 radical (unpaired) electrons. The van der Waals surface area contributed by atoms with Crippen molar-refractivity contribution in [1.29, 1.82) is 0 Å². The average Bonchev–Trinajstić information content (AvgIpc) is 2.97. The molecule has 8 nitrogen and oxygen atoms in total. The minimum Gasteiger partial charge on any atom is -0.344 e. The van der Waals surface area contributed by atoms with Gasteiger partial charge in [0.2, 0.25) is 5.95 Å². The Labute approximate surface area is 191 Å². The van der Waals surface area contributed by atoms with Crippen molar-refractivity contribution in [3.05, 3.63) is 46.3 Å². The Kier molecular flexibility index (Phi) is 5.90. The molecule has 2 atom stereocenters. The fraction of sp³-hybridized carbons (Fsp3) is 0.458. The normalized spacial score (nSPS) is 20.0. The van der Waals surface area contributed by atoms with Gasteiger partial charge < -0.3 is 14.8 Å². The number of anilines is 1. The van der Waals surface area contributed by atoms with Gasteiger partial charge in [0.05, 0.1) is 23.1 Å². The lowest BCUT2D eigenvalue weighted by atomic mass is 9.83. The minimum absolute atomic E-state index is 0.136. The summed E-state index contributed by atoms with van der Waals surface area (Å²) in [5.74, 6) is -2.25. The number of fused-ring (bicyclic) bond motifs is 2. The molecule has 0 saturated carbocycles. The molecule has 2 aliphatic heterocycles. The van der Waals surface area contributed by atoms with Crippen LogP contribution in [0.3, 0.4) is 0 Å². The predicted molar refractivity (Wildman–Crippen MR) is 119 cm³/mol. The molecule has 2 amide bonds. The van der Waals surface area contributed by atoms with E-state index in [-0.39, 0.29) is 29.1 Å². The van der Waals surface area contributed by atoms with Crippen molar-refractivity contribution in [3.8, 4) is 0 Å². The molecule has 2 fully saturated rings. The molecule has 174 valence electrons. The lowest BCUT2D eigenvalue weighted by molar-refractivity contribution is -0.140. The van der Waals surface area contributed by atoms with Crippen molar-refractivity contribution in [2.75, 3.05) is 5.32 Å². The molecule has 0 aromatic carbocycles. The SMILES string of the molecule is Cc1cc(NC(=O)c2c(C)c(C(=O)C(=O)N3C4CCCC3CC(=O)C4)n(C)c2C)cnc1F. The molecular formula is C24H27FN4O4. The number of pyridine rings is 1. The van der Waals surface area contributed by atoms with Crippen molar-refractivity contribution in [2.24, 2.45) is 7.05 Å². The fourth-order valence-corrected chi connectivity index (χ4v) is 5.18. The van der Waals surface area contributed by atoms with Crippen LogP contribution in [-0.2, 0) is 16.6 Å². The summed E-state index contributed by atoms with van der Waals surface area (Å²) in [5.41, 5.74) is 1.99. The number of nitrogens with zero attached hydrogens (tertiary/aromatic N) is 3. The third kappa shape index (κ3) is 3.96. The molecule has 1 N–H and O–H groups in total. The van der Waals surface area contributed by atoms with Crippen LogP contribution in [0.15, 0.2) is 12.3 Å². The van der Waals surface area contributed by atoms with E-state index in [4.69, 9.17) is 0 Å². The molecule has 4 heterocycles. The third-order valence-electron chi connectivity index (χ3n) is 6.86. The predicted octanol–water partition coefficient (Wildman–Crippen LogP) is 3.03. The first-order valence-corrected chi connectivity index (χ1v) is 11.1. The monoisotopic (exact) mass is 454 g/mol. The highest BCUT2D eigenvalue weighted by atomic mass is 19.1. The Morgan fingerprint density at radius 3 is 2.36 bits per heavy atom. The Morgan fingerprint density at radius 1 is 1.12 bits per heavy atom. The van der Waals surface area contributed by atoms with Gasteiger partial charge in [-0.3, -0.25) is 19.2 Å². The number of piperidine rings is 2. The van der Waals surface area contributed by atoms with Gasteiger partial charge in [-0.15, -0.1) is 0 Å². The number of rotatable bonds is 4. The zero-order chi connectivity index (χ0) is 24.0. The van der Waals surface area contributed by atoms with Gasteiger partial charge in [-0.05, 0) is 51.7 Å². The maximum atomic E-state index is 13.4. The Bertz CT molecular complexity index is 1170. The summed E-state index contributed by atoms with van der Waals surface area (Å²) in [6, 6.07) is 1.00. The molecule has 2 saturated heterocycles. The van der Waals surface area contributed by atoms with Crippen molar-refractivity contribution < 1.29 is 23.6 Å². The first kappa shape index (κ1) is 22.8. The minimum atomic E-state index is -0.678. The van der Waals surface area contributed by atoms with Crippen LogP contribution >= 0.6 is 0 Å². The number of hydrogen-bond acceptors (Lipinski definition) is 5. The highest BCUT2D eigenvalue weighted by molar-refractivity contribution is 6.43. The van der Waals surface area contributed by atoms with Crippen LogP contribution in [0.4, 0.5) is 10.1 Å². The van der Waals surface area contributed by atoms with Crippen molar-refractivity contribution in [1.82, 2.24) is 14.5 Å². The van der Waals surface area contributed by atoms with Gasteiger partial charge in [0.1, 0.15) is 5.78 Å². The second kappa shape index (κ2) is 8.53. The summed E-state index contributed by atoms with van der Waals surface area (Å²) in [6.45, 7) is 4.88. The summed E-state index contributed by atoms with van der Waals surface area (Å²) in [7, 11) is 1.64. The molecule has 0 spiro atoms. The number of nitrogens with one attached hydrogen (secondary N) is 1. The molecule has 0 aliphatic carbocycles. The summed E-state index contributed by atoms with van der Waals surface area (Å²) in [6.07, 6.45) is 4.17. The van der Waals surface area contributed by atoms with E-state index < -0.39 is 23.5 Å². The van der Waals surface area contributed by atoms with Gasteiger partial charge in [-0.1, -0.05) is 0 Å². The molecule has 2 aromatic rings. The number of carbonyl (C=O) groups is 4. The van der Waals surface area contributed by atoms with E-state index in [9.17, 15) is 23.6 Å². The second-order valence-corrected chi connectivity index (χ2v) is 9.01. The summed E-state index contributed by atoms with van der Waals surface area (Å²) < 4.78 is 15.0. The van der Waals surface area contributed by atoms with Gasteiger partial charge in [-0.25, -0.2) is 4.98 Å². The summed E-state index contributed by atoms with van der Waals surface area (Å²) >= 11 is 0. The van der Waals surface area contributed by atoms with Crippen molar-refractivity contribution in [3.63, 3.8) is 0 Å². The molecule has 2 bridgehead atoms. The highest BCUT2D eigenvalue weighted by Gasteiger charge is 2.43. The fourth-order valence-electron chi connectivity index (χ4n) is 5.18. The molecule has 33 heavy (non-hydrogen) atoms. The Hall–Kier alpha value is -3.36. The maximum Gasteiger partial charge on any atom is 0.297 e. The number of carbonyl (C=O) groups excluding carboxylic acids is 4. The standard InChI is InChI=1S/C24H27FN4O4/c1-12-8-15(11-26-22(12)25)27-23(32)19-13(2)20(28(4)14(19)3)21(31)24(33)29-16-6-5-7-17(29)10-18(30)9-16/h8,11,16-17H,5-7,9-10H2,1-4H3,(H,27,32). The number of Topliss-reactive ketones (excluding diaryl/α,β-unsaturated/α-hetero) is 2. The van der Waals surface area contributed by atoms with Crippen LogP contribution in [0.2, 0.25) is 0 Å². The topological polar surface area (TPSA) is 101 Å². The lowest BCUT2D eigenvalue weighted by Crippen LogP contribution is -2.56. The number of ketones is 2. The molecule has 2 aromatic heterocycles. The smallest absolute Gasteiger partial charge is 0.297 e. The Morgan fingerprint density at radius 2 is 1.76 bits per heavy atom. The van der Waals surface area contributed by atoms with E-state index in [0.29, 0.717) is 48.2 Å². The van der Waals surface area contributed by atoms with E-state index in [1.165, 1.54) is 12.3 Å². The highest BCUT2D eigenvalue weighted by Crippen LogP contribution is 2.33. The first-order valence-electron chi connectivity index (χ1n) is 11.1. The average molecular weight is 455 g/mol.